The molecule has 2 aromatic carbocycles. The first-order valence-corrected chi connectivity index (χ1v) is 6.91. The number of carbonyl (C=O) groups is 1. The summed E-state index contributed by atoms with van der Waals surface area (Å²) in [6.45, 7) is 0. The summed E-state index contributed by atoms with van der Waals surface area (Å²) in [5, 5.41) is 3.39. The molecule has 0 aromatic heterocycles. The molecule has 1 unspecified atom stereocenters. The van der Waals surface area contributed by atoms with Crippen LogP contribution >= 0.6 is 27.5 Å². The Labute approximate surface area is 129 Å². The average molecular weight is 358 g/mol. The molecule has 104 valence electrons. The Balaban J connectivity index is 2.37. The fourth-order valence-electron chi connectivity index (χ4n) is 1.78. The lowest BCUT2D eigenvalue weighted by atomic mass is 10.1. The van der Waals surface area contributed by atoms with Gasteiger partial charge in [-0.15, -0.1) is 0 Å². The van der Waals surface area contributed by atoms with Crippen LogP contribution < -0.4 is 11.1 Å². The van der Waals surface area contributed by atoms with Gasteiger partial charge in [0.05, 0.1) is 0 Å². The minimum absolute atomic E-state index is 0.173. The Morgan fingerprint density at radius 1 is 1.30 bits per heavy atom. The lowest BCUT2D eigenvalue weighted by molar-refractivity contribution is -0.118. The van der Waals surface area contributed by atoms with E-state index in [4.69, 9.17) is 17.3 Å². The highest BCUT2D eigenvalue weighted by atomic mass is 79.9. The molecule has 0 radical (unpaired) electrons. The monoisotopic (exact) mass is 356 g/mol. The first-order chi connectivity index (χ1) is 9.47. The Kier molecular flexibility index (Phi) is 4.62. The molecule has 0 aliphatic heterocycles. The Morgan fingerprint density at radius 3 is 2.70 bits per heavy atom. The van der Waals surface area contributed by atoms with Crippen LogP contribution in [-0.4, -0.2) is 5.91 Å². The van der Waals surface area contributed by atoms with Crippen molar-refractivity contribution in [2.45, 2.75) is 6.04 Å². The zero-order valence-corrected chi connectivity index (χ0v) is 12.6. The molecule has 0 aliphatic carbocycles. The molecule has 0 spiro atoms. The van der Waals surface area contributed by atoms with Crippen molar-refractivity contribution < 1.29 is 9.18 Å². The lowest BCUT2D eigenvalue weighted by Crippen LogP contribution is -2.28. The molecular weight excluding hydrogens is 347 g/mol. The third-order valence-corrected chi connectivity index (χ3v) is 3.42. The average Bonchev–Trinajstić information content (AvgIpc) is 2.39. The predicted molar refractivity (Wildman–Crippen MR) is 81.1 cm³/mol. The second-order valence-electron chi connectivity index (χ2n) is 4.16. The summed E-state index contributed by atoms with van der Waals surface area (Å²) in [6, 6.07) is 10.1. The fourth-order valence-corrected chi connectivity index (χ4v) is 2.35. The molecule has 2 aromatic rings. The third-order valence-electron chi connectivity index (χ3n) is 2.69. The molecule has 0 bridgehead atoms. The highest BCUT2D eigenvalue weighted by Gasteiger charge is 2.21. The summed E-state index contributed by atoms with van der Waals surface area (Å²) in [5.41, 5.74) is 6.11. The van der Waals surface area contributed by atoms with Crippen LogP contribution in [0.25, 0.3) is 0 Å². The van der Waals surface area contributed by atoms with Gasteiger partial charge in [0, 0.05) is 20.7 Å². The summed E-state index contributed by atoms with van der Waals surface area (Å²) in [7, 11) is 0. The van der Waals surface area contributed by atoms with Gasteiger partial charge < -0.3 is 11.1 Å². The smallest absolute Gasteiger partial charge is 0.244 e. The maximum Gasteiger partial charge on any atom is 0.244 e. The number of anilines is 1. The quantitative estimate of drug-likeness (QED) is 0.872. The Hall–Kier alpha value is -1.59. The molecular formula is C14H11BrClFN2O. The van der Waals surface area contributed by atoms with E-state index < -0.39 is 17.8 Å². The molecule has 0 aliphatic rings. The van der Waals surface area contributed by atoms with Crippen molar-refractivity contribution in [2.24, 2.45) is 5.73 Å². The number of hydrogen-bond donors (Lipinski definition) is 2. The molecule has 1 amide bonds. The number of halogens is 3. The summed E-state index contributed by atoms with van der Waals surface area (Å²) >= 11 is 9.12. The first kappa shape index (κ1) is 14.8. The Bertz CT molecular complexity index is 651. The SMILES string of the molecule is NC(=O)C(Nc1cccc(Cl)c1)c1cc(Br)ccc1F. The van der Waals surface area contributed by atoms with Crippen LogP contribution in [0.5, 0.6) is 0 Å². The van der Waals surface area contributed by atoms with Crippen molar-refractivity contribution in [1.82, 2.24) is 0 Å². The van der Waals surface area contributed by atoms with E-state index in [-0.39, 0.29) is 5.56 Å². The number of rotatable bonds is 4. The second kappa shape index (κ2) is 6.24. The van der Waals surface area contributed by atoms with Crippen LogP contribution in [0.2, 0.25) is 5.02 Å². The highest BCUT2D eigenvalue weighted by Crippen LogP contribution is 2.26. The van der Waals surface area contributed by atoms with Crippen molar-refractivity contribution in [3.8, 4) is 0 Å². The van der Waals surface area contributed by atoms with Crippen LogP contribution in [0.3, 0.4) is 0 Å². The maximum absolute atomic E-state index is 13.9. The van der Waals surface area contributed by atoms with Gasteiger partial charge in [-0.25, -0.2) is 4.39 Å². The minimum Gasteiger partial charge on any atom is -0.370 e. The van der Waals surface area contributed by atoms with Crippen molar-refractivity contribution in [3.05, 3.63) is 63.3 Å². The molecule has 0 heterocycles. The molecule has 0 saturated heterocycles. The summed E-state index contributed by atoms with van der Waals surface area (Å²) in [6.07, 6.45) is 0. The zero-order chi connectivity index (χ0) is 14.7. The summed E-state index contributed by atoms with van der Waals surface area (Å²) in [5.74, 6) is -1.19. The predicted octanol–water partition coefficient (Wildman–Crippen LogP) is 3.88. The van der Waals surface area contributed by atoms with Gasteiger partial charge in [-0.05, 0) is 36.4 Å². The van der Waals surface area contributed by atoms with Crippen molar-refractivity contribution in [2.75, 3.05) is 5.32 Å². The first-order valence-electron chi connectivity index (χ1n) is 5.74. The van der Waals surface area contributed by atoms with Crippen molar-refractivity contribution in [1.29, 1.82) is 0 Å². The van der Waals surface area contributed by atoms with Gasteiger partial charge in [-0.2, -0.15) is 0 Å². The van der Waals surface area contributed by atoms with Crippen molar-refractivity contribution >= 4 is 39.1 Å². The number of primary amides is 1. The van der Waals surface area contributed by atoms with E-state index in [1.165, 1.54) is 12.1 Å². The number of nitrogens with one attached hydrogen (secondary N) is 1. The fraction of sp³-hybridized carbons (Fsp3) is 0.0714. The van der Waals surface area contributed by atoms with Gasteiger partial charge in [0.2, 0.25) is 5.91 Å². The Morgan fingerprint density at radius 2 is 2.05 bits per heavy atom. The summed E-state index contributed by atoms with van der Waals surface area (Å²) in [4.78, 5) is 11.6. The standard InChI is InChI=1S/C14H11BrClFN2O/c15-8-4-5-12(17)11(6-8)13(14(18)20)19-10-3-1-2-9(16)7-10/h1-7,13,19H,(H2,18,20). The van der Waals surface area contributed by atoms with Gasteiger partial charge in [0.15, 0.2) is 0 Å². The van der Waals surface area contributed by atoms with Crippen LogP contribution in [-0.2, 0) is 4.79 Å². The van der Waals surface area contributed by atoms with Gasteiger partial charge in [-0.1, -0.05) is 33.6 Å². The van der Waals surface area contributed by atoms with E-state index in [2.05, 4.69) is 21.2 Å². The molecule has 1 atom stereocenters. The van der Waals surface area contributed by atoms with E-state index in [1.807, 2.05) is 0 Å². The molecule has 20 heavy (non-hydrogen) atoms. The van der Waals surface area contributed by atoms with E-state index in [1.54, 1.807) is 30.3 Å². The van der Waals surface area contributed by atoms with Crippen LogP contribution in [0, 0.1) is 5.82 Å². The van der Waals surface area contributed by atoms with Crippen LogP contribution in [0.15, 0.2) is 46.9 Å². The van der Waals surface area contributed by atoms with Gasteiger partial charge >= 0.3 is 0 Å². The number of nitrogens with two attached hydrogens (primary N) is 1. The summed E-state index contributed by atoms with van der Waals surface area (Å²) < 4.78 is 14.5. The highest BCUT2D eigenvalue weighted by molar-refractivity contribution is 9.10. The van der Waals surface area contributed by atoms with Crippen LogP contribution in [0.4, 0.5) is 10.1 Å². The minimum atomic E-state index is -0.981. The molecule has 0 saturated carbocycles. The number of amides is 1. The number of carbonyl (C=O) groups excluding carboxylic acids is 1. The molecule has 6 heteroatoms. The van der Waals surface area contributed by atoms with E-state index in [9.17, 15) is 9.18 Å². The number of hydrogen-bond acceptors (Lipinski definition) is 2. The molecule has 3 N–H and O–H groups in total. The van der Waals surface area contributed by atoms with Gasteiger partial charge in [-0.3, -0.25) is 4.79 Å². The second-order valence-corrected chi connectivity index (χ2v) is 5.51. The van der Waals surface area contributed by atoms with E-state index in [0.29, 0.717) is 15.2 Å². The lowest BCUT2D eigenvalue weighted by Gasteiger charge is -2.18. The zero-order valence-electron chi connectivity index (χ0n) is 10.2. The van der Waals surface area contributed by atoms with E-state index in [0.717, 1.165) is 0 Å². The van der Waals surface area contributed by atoms with Gasteiger partial charge in [0.1, 0.15) is 11.9 Å². The number of benzene rings is 2. The normalized spacial score (nSPS) is 11.9. The van der Waals surface area contributed by atoms with E-state index >= 15 is 0 Å². The third kappa shape index (κ3) is 3.49. The molecule has 0 fully saturated rings. The largest absolute Gasteiger partial charge is 0.370 e. The van der Waals surface area contributed by atoms with Crippen LogP contribution in [0.1, 0.15) is 11.6 Å². The molecule has 2 rings (SSSR count). The van der Waals surface area contributed by atoms with Gasteiger partial charge in [0.25, 0.3) is 0 Å². The molecule has 3 nitrogen and oxygen atoms in total. The van der Waals surface area contributed by atoms with Crippen molar-refractivity contribution in [3.63, 3.8) is 0 Å². The topological polar surface area (TPSA) is 55.1 Å². The maximum atomic E-state index is 13.9.